The standard InChI is InChI=1S/C22H23NO5S/c1-16-21(23-22(28-16)18-9-12-20(27-2)13-10-18)15-29(25,26)14-19(24)11-8-17-6-4-3-5-7-17/h3-7,9-10,12-13H,8,11,14-15H2,1-2H3. The van der Waals surface area contributed by atoms with Crippen molar-refractivity contribution in [3.63, 3.8) is 0 Å². The average molecular weight is 413 g/mol. The van der Waals surface area contributed by atoms with E-state index in [-0.39, 0.29) is 18.0 Å². The van der Waals surface area contributed by atoms with Gasteiger partial charge in [-0.25, -0.2) is 13.4 Å². The second kappa shape index (κ2) is 9.05. The third-order valence-electron chi connectivity index (χ3n) is 4.50. The summed E-state index contributed by atoms with van der Waals surface area (Å²) in [7, 11) is -2.05. The van der Waals surface area contributed by atoms with Crippen LogP contribution in [0.25, 0.3) is 11.5 Å². The Bertz CT molecular complexity index is 1070. The molecule has 0 N–H and O–H groups in total. The number of hydrogen-bond donors (Lipinski definition) is 0. The van der Waals surface area contributed by atoms with Crippen molar-refractivity contribution in [3.05, 3.63) is 71.6 Å². The van der Waals surface area contributed by atoms with E-state index in [1.54, 1.807) is 38.3 Å². The van der Waals surface area contributed by atoms with E-state index in [1.165, 1.54) is 0 Å². The molecule has 0 amide bonds. The lowest BCUT2D eigenvalue weighted by atomic mass is 10.1. The number of benzene rings is 2. The highest BCUT2D eigenvalue weighted by Crippen LogP contribution is 2.25. The Morgan fingerprint density at radius 3 is 2.41 bits per heavy atom. The van der Waals surface area contributed by atoms with Crippen LogP contribution < -0.4 is 4.74 Å². The van der Waals surface area contributed by atoms with Crippen LogP contribution in [0.5, 0.6) is 5.75 Å². The van der Waals surface area contributed by atoms with Gasteiger partial charge in [-0.2, -0.15) is 0 Å². The minimum atomic E-state index is -3.63. The molecule has 7 heteroatoms. The van der Waals surface area contributed by atoms with Crippen molar-refractivity contribution in [1.82, 2.24) is 4.98 Å². The summed E-state index contributed by atoms with van der Waals surface area (Å²) in [6.45, 7) is 1.67. The van der Waals surface area contributed by atoms with Gasteiger partial charge in [0.1, 0.15) is 23.0 Å². The van der Waals surface area contributed by atoms with Gasteiger partial charge in [-0.05, 0) is 43.2 Å². The van der Waals surface area contributed by atoms with Gasteiger partial charge in [0.05, 0.1) is 18.6 Å². The molecule has 0 fully saturated rings. The predicted molar refractivity (Wildman–Crippen MR) is 110 cm³/mol. The molecule has 3 rings (SSSR count). The van der Waals surface area contributed by atoms with E-state index in [4.69, 9.17) is 9.15 Å². The van der Waals surface area contributed by atoms with Crippen LogP contribution in [0.2, 0.25) is 0 Å². The topological polar surface area (TPSA) is 86.5 Å². The van der Waals surface area contributed by atoms with Crippen LogP contribution in [0, 0.1) is 6.92 Å². The lowest BCUT2D eigenvalue weighted by molar-refractivity contribution is -0.116. The Morgan fingerprint density at radius 2 is 1.76 bits per heavy atom. The zero-order valence-electron chi connectivity index (χ0n) is 16.4. The van der Waals surface area contributed by atoms with Gasteiger partial charge < -0.3 is 9.15 Å². The van der Waals surface area contributed by atoms with Crippen LogP contribution in [0.3, 0.4) is 0 Å². The molecular weight excluding hydrogens is 390 g/mol. The molecule has 1 aromatic heterocycles. The molecule has 1 heterocycles. The second-order valence-electron chi connectivity index (χ2n) is 6.81. The van der Waals surface area contributed by atoms with Crippen molar-refractivity contribution in [2.24, 2.45) is 0 Å². The first-order valence-corrected chi connectivity index (χ1v) is 11.1. The van der Waals surface area contributed by atoms with E-state index >= 15 is 0 Å². The molecule has 6 nitrogen and oxygen atoms in total. The molecule has 0 aliphatic carbocycles. The van der Waals surface area contributed by atoms with Crippen molar-refractivity contribution in [3.8, 4) is 17.2 Å². The monoisotopic (exact) mass is 413 g/mol. The van der Waals surface area contributed by atoms with E-state index in [1.807, 2.05) is 30.3 Å². The summed E-state index contributed by atoms with van der Waals surface area (Å²) in [5.41, 5.74) is 2.05. The van der Waals surface area contributed by atoms with Crippen LogP contribution >= 0.6 is 0 Å². The van der Waals surface area contributed by atoms with Crippen LogP contribution in [0.15, 0.2) is 59.0 Å². The number of hydrogen-bond acceptors (Lipinski definition) is 6. The average Bonchev–Trinajstić information content (AvgIpc) is 3.06. The van der Waals surface area contributed by atoms with Crippen LogP contribution in [-0.2, 0) is 26.8 Å². The maximum atomic E-state index is 12.5. The molecule has 0 aliphatic heterocycles. The van der Waals surface area contributed by atoms with Gasteiger partial charge in [0.25, 0.3) is 0 Å². The molecule has 29 heavy (non-hydrogen) atoms. The first kappa shape index (κ1) is 20.8. The lowest BCUT2D eigenvalue weighted by Crippen LogP contribution is -2.18. The molecule has 152 valence electrons. The lowest BCUT2D eigenvalue weighted by Gasteiger charge is -2.03. The predicted octanol–water partition coefficient (Wildman–Crippen LogP) is 3.78. The van der Waals surface area contributed by atoms with Gasteiger partial charge >= 0.3 is 0 Å². The highest BCUT2D eigenvalue weighted by Gasteiger charge is 2.22. The molecule has 3 aromatic rings. The van der Waals surface area contributed by atoms with Crippen molar-refractivity contribution in [2.75, 3.05) is 12.9 Å². The number of aromatic nitrogens is 1. The van der Waals surface area contributed by atoms with Crippen LogP contribution in [0.4, 0.5) is 0 Å². The number of sulfone groups is 1. The highest BCUT2D eigenvalue weighted by molar-refractivity contribution is 7.91. The van der Waals surface area contributed by atoms with Crippen molar-refractivity contribution < 1.29 is 22.4 Å². The summed E-state index contributed by atoms with van der Waals surface area (Å²) in [5, 5.41) is 0. The zero-order chi connectivity index (χ0) is 20.9. The summed E-state index contributed by atoms with van der Waals surface area (Å²) >= 11 is 0. The SMILES string of the molecule is COc1ccc(-c2nc(CS(=O)(=O)CC(=O)CCc3ccccc3)c(C)o2)cc1. The summed E-state index contributed by atoms with van der Waals surface area (Å²) in [6, 6.07) is 16.6. The summed E-state index contributed by atoms with van der Waals surface area (Å²) in [5.74, 6) is 0.348. The van der Waals surface area contributed by atoms with Gasteiger partial charge in [0, 0.05) is 12.0 Å². The smallest absolute Gasteiger partial charge is 0.226 e. The van der Waals surface area contributed by atoms with Gasteiger partial charge in [-0.3, -0.25) is 4.79 Å². The third kappa shape index (κ3) is 5.77. The Kier molecular flexibility index (Phi) is 6.49. The third-order valence-corrected chi connectivity index (χ3v) is 5.98. The molecule has 2 aromatic carbocycles. The molecule has 0 atom stereocenters. The Morgan fingerprint density at radius 1 is 1.07 bits per heavy atom. The quantitative estimate of drug-likeness (QED) is 0.531. The fourth-order valence-corrected chi connectivity index (χ4v) is 4.35. The van der Waals surface area contributed by atoms with E-state index in [9.17, 15) is 13.2 Å². The van der Waals surface area contributed by atoms with Gasteiger partial charge in [-0.15, -0.1) is 0 Å². The largest absolute Gasteiger partial charge is 0.497 e. The molecule has 0 saturated heterocycles. The Hall–Kier alpha value is -2.93. The van der Waals surface area contributed by atoms with Gasteiger partial charge in [0.2, 0.25) is 5.89 Å². The highest BCUT2D eigenvalue weighted by atomic mass is 32.2. The first-order chi connectivity index (χ1) is 13.9. The summed E-state index contributed by atoms with van der Waals surface area (Å²) < 4.78 is 35.7. The Labute approximate surface area is 170 Å². The first-order valence-electron chi connectivity index (χ1n) is 9.23. The number of nitrogens with zero attached hydrogens (tertiary/aromatic N) is 1. The van der Waals surface area contributed by atoms with E-state index < -0.39 is 15.6 Å². The number of methoxy groups -OCH3 is 1. The molecule has 0 aliphatic rings. The van der Waals surface area contributed by atoms with Crippen molar-refractivity contribution in [1.29, 1.82) is 0 Å². The van der Waals surface area contributed by atoms with E-state index in [2.05, 4.69) is 4.98 Å². The molecule has 0 bridgehead atoms. The number of aryl methyl sites for hydroxylation is 2. The normalized spacial score (nSPS) is 11.4. The number of carbonyl (C=O) groups is 1. The molecule has 0 spiro atoms. The van der Waals surface area contributed by atoms with E-state index in [0.29, 0.717) is 29.5 Å². The van der Waals surface area contributed by atoms with E-state index in [0.717, 1.165) is 11.1 Å². The van der Waals surface area contributed by atoms with Gasteiger partial charge in [0.15, 0.2) is 9.84 Å². The summed E-state index contributed by atoms with van der Waals surface area (Å²) in [6.07, 6.45) is 0.720. The minimum absolute atomic E-state index is 0.193. The second-order valence-corrected chi connectivity index (χ2v) is 8.87. The number of ketones is 1. The number of rotatable bonds is 9. The maximum Gasteiger partial charge on any atom is 0.226 e. The molecular formula is C22H23NO5S. The number of carbonyl (C=O) groups excluding carboxylic acids is 1. The molecule has 0 saturated carbocycles. The summed E-state index contributed by atoms with van der Waals surface area (Å²) in [4.78, 5) is 16.5. The fraction of sp³-hybridized carbons (Fsp3) is 0.273. The molecule has 0 radical (unpaired) electrons. The van der Waals surface area contributed by atoms with Crippen molar-refractivity contribution in [2.45, 2.75) is 25.5 Å². The fourth-order valence-electron chi connectivity index (χ4n) is 2.92. The maximum absolute atomic E-state index is 12.5. The Balaban J connectivity index is 1.63. The molecule has 0 unspecified atom stereocenters. The minimum Gasteiger partial charge on any atom is -0.497 e. The number of ether oxygens (including phenoxy) is 1. The number of oxazole rings is 1. The van der Waals surface area contributed by atoms with Crippen LogP contribution in [-0.4, -0.2) is 32.0 Å². The van der Waals surface area contributed by atoms with Crippen LogP contribution in [0.1, 0.15) is 23.4 Å². The zero-order valence-corrected chi connectivity index (χ0v) is 17.2. The number of Topliss-reactive ketones (excluding diaryl/α,β-unsaturated/α-hetero) is 1. The van der Waals surface area contributed by atoms with Gasteiger partial charge in [-0.1, -0.05) is 30.3 Å². The van der Waals surface area contributed by atoms with Crippen molar-refractivity contribution >= 4 is 15.6 Å².